The van der Waals surface area contributed by atoms with Crippen molar-refractivity contribution >= 4 is 39.8 Å². The fourth-order valence-corrected chi connectivity index (χ4v) is 2.42. The molecular formula is C15H10ClN5O3. The van der Waals surface area contributed by atoms with Crippen molar-refractivity contribution < 1.29 is 9.72 Å². The van der Waals surface area contributed by atoms with Gasteiger partial charge in [-0.3, -0.25) is 25.8 Å². The monoisotopic (exact) mass is 343 g/mol. The molecule has 0 atom stereocenters. The van der Waals surface area contributed by atoms with Crippen LogP contribution in [0.15, 0.2) is 48.8 Å². The van der Waals surface area contributed by atoms with Crippen LogP contribution in [0.3, 0.4) is 0 Å². The molecule has 0 unspecified atom stereocenters. The Bertz CT molecular complexity index is 942. The number of amides is 1. The van der Waals surface area contributed by atoms with Gasteiger partial charge in [-0.05, 0) is 16.8 Å². The lowest BCUT2D eigenvalue weighted by atomic mass is 10.0. The Kier molecular flexibility index (Phi) is 4.21. The number of aromatic nitrogens is 2. The van der Waals surface area contributed by atoms with Crippen LogP contribution < -0.4 is 10.9 Å². The van der Waals surface area contributed by atoms with Crippen molar-refractivity contribution in [2.24, 2.45) is 0 Å². The molecule has 0 saturated carbocycles. The first-order valence-electron chi connectivity index (χ1n) is 6.77. The van der Waals surface area contributed by atoms with Crippen LogP contribution in [0.5, 0.6) is 0 Å². The van der Waals surface area contributed by atoms with E-state index in [2.05, 4.69) is 20.8 Å². The van der Waals surface area contributed by atoms with Crippen molar-refractivity contribution in [3.05, 3.63) is 69.6 Å². The van der Waals surface area contributed by atoms with Crippen LogP contribution in [-0.2, 0) is 0 Å². The topological polar surface area (TPSA) is 110 Å². The summed E-state index contributed by atoms with van der Waals surface area (Å²) >= 11 is 5.69. The summed E-state index contributed by atoms with van der Waals surface area (Å²) in [6.07, 6.45) is 1.06. The molecule has 9 heteroatoms. The molecule has 0 aliphatic heterocycles. The normalized spacial score (nSPS) is 10.4. The lowest BCUT2D eigenvalue weighted by molar-refractivity contribution is -0.384. The van der Waals surface area contributed by atoms with E-state index in [0.717, 1.165) is 17.1 Å². The van der Waals surface area contributed by atoms with E-state index < -0.39 is 16.5 Å². The summed E-state index contributed by atoms with van der Waals surface area (Å²) in [5, 5.41) is 12.4. The number of hydrogen-bond acceptors (Lipinski definition) is 6. The Balaban J connectivity index is 1.86. The number of rotatable bonds is 4. The fourth-order valence-electron chi connectivity index (χ4n) is 2.22. The second-order valence-electron chi connectivity index (χ2n) is 4.72. The first-order chi connectivity index (χ1) is 11.6. The van der Waals surface area contributed by atoms with Crippen molar-refractivity contribution in [1.82, 2.24) is 15.4 Å². The number of fused-ring (bicyclic) bond motifs is 1. The Hall–Kier alpha value is -3.26. The van der Waals surface area contributed by atoms with Crippen molar-refractivity contribution in [2.75, 3.05) is 5.43 Å². The van der Waals surface area contributed by atoms with Crippen LogP contribution in [0.1, 0.15) is 10.4 Å². The van der Waals surface area contributed by atoms with Crippen LogP contribution in [0.25, 0.3) is 10.8 Å². The molecule has 8 nitrogen and oxygen atoms in total. The molecule has 1 heterocycles. The number of hydrazine groups is 1. The molecule has 0 aliphatic carbocycles. The van der Waals surface area contributed by atoms with E-state index in [0.29, 0.717) is 5.56 Å². The third-order valence-electron chi connectivity index (χ3n) is 3.29. The Labute approximate surface area is 140 Å². The third-order valence-corrected chi connectivity index (χ3v) is 3.57. The van der Waals surface area contributed by atoms with Crippen LogP contribution in [0.2, 0.25) is 5.15 Å². The summed E-state index contributed by atoms with van der Waals surface area (Å²) in [6, 6.07) is 12.7. The van der Waals surface area contributed by atoms with Gasteiger partial charge in [-0.1, -0.05) is 48.0 Å². The standard InChI is InChI=1S/C15H10ClN5O3/c16-13-12(21(23)24)14(18-8-17-13)19-20-15(22)11-7-3-5-9-4-1-2-6-10(9)11/h1-8H,(H,20,22)(H,17,18,19). The zero-order valence-corrected chi connectivity index (χ0v) is 12.8. The fraction of sp³-hybridized carbons (Fsp3) is 0. The predicted molar refractivity (Wildman–Crippen MR) is 88.7 cm³/mol. The Morgan fingerprint density at radius 1 is 1.12 bits per heavy atom. The largest absolute Gasteiger partial charge is 0.350 e. The summed E-state index contributed by atoms with van der Waals surface area (Å²) in [6.45, 7) is 0. The van der Waals surface area contributed by atoms with Crippen LogP contribution >= 0.6 is 11.6 Å². The summed E-state index contributed by atoms with van der Waals surface area (Å²) in [5.41, 5.74) is 4.71. The molecule has 3 aromatic rings. The maximum absolute atomic E-state index is 12.4. The van der Waals surface area contributed by atoms with Gasteiger partial charge < -0.3 is 0 Å². The molecule has 120 valence electrons. The molecule has 0 radical (unpaired) electrons. The maximum Gasteiger partial charge on any atom is 0.350 e. The summed E-state index contributed by atoms with van der Waals surface area (Å²) in [5.74, 6) is -0.663. The number of benzene rings is 2. The lowest BCUT2D eigenvalue weighted by Gasteiger charge is -2.10. The van der Waals surface area contributed by atoms with Gasteiger partial charge in [0.05, 0.1) is 4.92 Å². The Morgan fingerprint density at radius 3 is 2.67 bits per heavy atom. The number of carbonyl (C=O) groups excluding carboxylic acids is 1. The molecule has 0 saturated heterocycles. The van der Waals surface area contributed by atoms with Crippen molar-refractivity contribution in [2.45, 2.75) is 0 Å². The van der Waals surface area contributed by atoms with Crippen molar-refractivity contribution in [1.29, 1.82) is 0 Å². The average molecular weight is 344 g/mol. The van der Waals surface area contributed by atoms with Gasteiger partial charge in [0.25, 0.3) is 5.91 Å². The van der Waals surface area contributed by atoms with Crippen LogP contribution in [-0.4, -0.2) is 20.8 Å². The summed E-state index contributed by atoms with van der Waals surface area (Å²) in [4.78, 5) is 29.9. The molecule has 2 N–H and O–H groups in total. The van der Waals surface area contributed by atoms with Gasteiger partial charge in [-0.2, -0.15) is 0 Å². The summed E-state index contributed by atoms with van der Waals surface area (Å²) in [7, 11) is 0. The smallest absolute Gasteiger partial charge is 0.276 e. The zero-order chi connectivity index (χ0) is 17.1. The van der Waals surface area contributed by atoms with Gasteiger partial charge in [0.2, 0.25) is 11.0 Å². The van der Waals surface area contributed by atoms with Gasteiger partial charge >= 0.3 is 5.69 Å². The van der Waals surface area contributed by atoms with E-state index in [1.807, 2.05) is 30.3 Å². The van der Waals surface area contributed by atoms with Gasteiger partial charge in [0.1, 0.15) is 6.33 Å². The van der Waals surface area contributed by atoms with Gasteiger partial charge in [-0.15, -0.1) is 0 Å². The maximum atomic E-state index is 12.4. The van der Waals surface area contributed by atoms with Crippen LogP contribution in [0.4, 0.5) is 11.5 Å². The third kappa shape index (κ3) is 2.95. The molecule has 2 aromatic carbocycles. The SMILES string of the molecule is O=C(NNc1ncnc(Cl)c1[N+](=O)[O-])c1cccc2ccccc12. The van der Waals surface area contributed by atoms with Gasteiger partial charge in [0.15, 0.2) is 0 Å². The molecule has 3 rings (SSSR count). The quantitative estimate of drug-likeness (QED) is 0.428. The molecule has 1 aromatic heterocycles. The number of anilines is 1. The number of nitrogens with one attached hydrogen (secondary N) is 2. The highest BCUT2D eigenvalue weighted by Crippen LogP contribution is 2.27. The van der Waals surface area contributed by atoms with Gasteiger partial charge in [-0.25, -0.2) is 9.97 Å². The number of nitro groups is 1. The molecule has 1 amide bonds. The minimum absolute atomic E-state index is 0.200. The summed E-state index contributed by atoms with van der Waals surface area (Å²) < 4.78 is 0. The molecule has 0 aliphatic rings. The second-order valence-corrected chi connectivity index (χ2v) is 5.08. The number of carbonyl (C=O) groups is 1. The number of halogens is 1. The zero-order valence-electron chi connectivity index (χ0n) is 12.1. The Morgan fingerprint density at radius 2 is 1.88 bits per heavy atom. The minimum Gasteiger partial charge on any atom is -0.276 e. The van der Waals surface area contributed by atoms with E-state index in [4.69, 9.17) is 11.6 Å². The van der Waals surface area contributed by atoms with Crippen molar-refractivity contribution in [3.8, 4) is 0 Å². The van der Waals surface area contributed by atoms with Crippen LogP contribution in [0, 0.1) is 10.1 Å². The van der Waals surface area contributed by atoms with E-state index in [-0.39, 0.29) is 11.0 Å². The highest BCUT2D eigenvalue weighted by atomic mass is 35.5. The molecular weight excluding hydrogens is 334 g/mol. The van der Waals surface area contributed by atoms with E-state index in [1.165, 1.54) is 0 Å². The first-order valence-corrected chi connectivity index (χ1v) is 7.14. The predicted octanol–water partition coefficient (Wildman–Crippen LogP) is 2.95. The van der Waals surface area contributed by atoms with Gasteiger partial charge in [0, 0.05) is 5.56 Å². The highest BCUT2D eigenvalue weighted by molar-refractivity contribution is 6.31. The molecule has 0 spiro atoms. The molecule has 24 heavy (non-hydrogen) atoms. The van der Waals surface area contributed by atoms with E-state index in [1.54, 1.807) is 12.1 Å². The second kappa shape index (κ2) is 6.47. The molecule has 0 fully saturated rings. The number of hydrogen-bond donors (Lipinski definition) is 2. The highest BCUT2D eigenvalue weighted by Gasteiger charge is 2.22. The van der Waals surface area contributed by atoms with E-state index >= 15 is 0 Å². The average Bonchev–Trinajstić information content (AvgIpc) is 2.58. The minimum atomic E-state index is -0.727. The lowest BCUT2D eigenvalue weighted by Crippen LogP contribution is -2.30. The van der Waals surface area contributed by atoms with E-state index in [9.17, 15) is 14.9 Å². The molecule has 0 bridgehead atoms. The number of nitrogens with zero attached hydrogens (tertiary/aromatic N) is 3. The van der Waals surface area contributed by atoms with Crippen molar-refractivity contribution in [3.63, 3.8) is 0 Å². The first kappa shape index (κ1) is 15.6.